The molecule has 0 radical (unpaired) electrons. The van der Waals surface area contributed by atoms with E-state index in [1.54, 1.807) is 0 Å². The van der Waals surface area contributed by atoms with Crippen molar-refractivity contribution in [3.05, 3.63) is 10.6 Å². The van der Waals surface area contributed by atoms with Crippen LogP contribution in [0.25, 0.3) is 0 Å². The number of hydrogen-bond acceptors (Lipinski definition) is 1. The molecule has 0 amide bonds. The molecule has 1 aliphatic carbocycles. The van der Waals surface area contributed by atoms with Crippen LogP contribution in [0.5, 0.6) is 0 Å². The maximum Gasteiger partial charge on any atom is 0.0659 e. The van der Waals surface area contributed by atoms with Crippen molar-refractivity contribution in [1.82, 2.24) is 0 Å². The van der Waals surface area contributed by atoms with Gasteiger partial charge in [0.25, 0.3) is 0 Å². The van der Waals surface area contributed by atoms with Crippen LogP contribution in [0.15, 0.2) is 10.6 Å². The molecule has 0 bridgehead atoms. The number of allylic oxidation sites excluding steroid dienone is 2. The molecule has 1 rings (SSSR count). The van der Waals surface area contributed by atoms with Crippen molar-refractivity contribution in [2.75, 3.05) is 0 Å². The van der Waals surface area contributed by atoms with Crippen molar-refractivity contribution in [2.24, 2.45) is 5.92 Å². The number of halogens is 1. The molecule has 0 saturated heterocycles. The van der Waals surface area contributed by atoms with Gasteiger partial charge in [0, 0.05) is 0 Å². The molecule has 0 aromatic rings. The molecule has 0 aromatic carbocycles. The van der Waals surface area contributed by atoms with Gasteiger partial charge in [0.15, 0.2) is 0 Å². The minimum atomic E-state index is 0.270. The van der Waals surface area contributed by atoms with E-state index in [0.29, 0.717) is 0 Å². The van der Waals surface area contributed by atoms with Gasteiger partial charge >= 0.3 is 0 Å². The molecule has 2 heteroatoms. The third-order valence-corrected chi connectivity index (χ3v) is 2.26. The minimum absolute atomic E-state index is 0.270. The van der Waals surface area contributed by atoms with Gasteiger partial charge in [-0.2, -0.15) is 5.26 Å². The Morgan fingerprint density at radius 3 is 3.00 bits per heavy atom. The first-order valence-electron chi connectivity index (χ1n) is 3.07. The van der Waals surface area contributed by atoms with Crippen molar-refractivity contribution in [1.29, 1.82) is 5.26 Å². The van der Waals surface area contributed by atoms with Crippen molar-refractivity contribution in [3.63, 3.8) is 0 Å². The van der Waals surface area contributed by atoms with Crippen LogP contribution in [0.1, 0.15) is 19.3 Å². The average Bonchev–Trinajstić information content (AvgIpc) is 1.90. The first kappa shape index (κ1) is 6.82. The maximum absolute atomic E-state index is 8.48. The highest BCUT2D eigenvalue weighted by atomic mass is 79.9. The van der Waals surface area contributed by atoms with Crippen LogP contribution in [-0.4, -0.2) is 0 Å². The normalized spacial score (nSPS) is 26.7. The molecule has 48 valence electrons. The van der Waals surface area contributed by atoms with Gasteiger partial charge in [-0.1, -0.05) is 22.0 Å². The molecule has 0 N–H and O–H groups in total. The number of nitrogens with zero attached hydrogens (tertiary/aromatic N) is 1. The Labute approximate surface area is 63.5 Å². The molecule has 0 aromatic heterocycles. The van der Waals surface area contributed by atoms with Crippen molar-refractivity contribution in [2.45, 2.75) is 19.3 Å². The number of nitriles is 1. The van der Waals surface area contributed by atoms with E-state index in [0.717, 1.165) is 19.3 Å². The summed E-state index contributed by atoms with van der Waals surface area (Å²) in [6, 6.07) is 2.26. The third kappa shape index (κ3) is 1.83. The molecular weight excluding hydrogens is 178 g/mol. The Balaban J connectivity index is 2.48. The fourth-order valence-corrected chi connectivity index (χ4v) is 1.34. The molecule has 0 aliphatic heterocycles. The Bertz CT molecular complexity index is 166. The molecule has 1 atom stereocenters. The van der Waals surface area contributed by atoms with E-state index >= 15 is 0 Å². The predicted molar refractivity (Wildman–Crippen MR) is 40.0 cm³/mol. The molecule has 0 spiro atoms. The summed E-state index contributed by atoms with van der Waals surface area (Å²) >= 11 is 3.40. The van der Waals surface area contributed by atoms with Crippen molar-refractivity contribution >= 4 is 15.9 Å². The van der Waals surface area contributed by atoms with Gasteiger partial charge in [-0.05, 0) is 23.7 Å². The summed E-state index contributed by atoms with van der Waals surface area (Å²) in [6.45, 7) is 0. The zero-order chi connectivity index (χ0) is 6.69. The van der Waals surface area contributed by atoms with Gasteiger partial charge < -0.3 is 0 Å². The SMILES string of the molecule is N#CC1CC=C(Br)CC1. The lowest BCUT2D eigenvalue weighted by Gasteiger charge is -2.11. The molecule has 0 heterocycles. The van der Waals surface area contributed by atoms with E-state index in [-0.39, 0.29) is 5.92 Å². The molecule has 0 fully saturated rings. The van der Waals surface area contributed by atoms with E-state index in [1.807, 2.05) is 0 Å². The van der Waals surface area contributed by atoms with Gasteiger partial charge in [-0.25, -0.2) is 0 Å². The summed E-state index contributed by atoms with van der Waals surface area (Å²) in [5.74, 6) is 0.270. The number of rotatable bonds is 0. The maximum atomic E-state index is 8.48. The lowest BCUT2D eigenvalue weighted by atomic mass is 9.96. The summed E-state index contributed by atoms with van der Waals surface area (Å²) in [5.41, 5.74) is 0. The topological polar surface area (TPSA) is 23.8 Å². The standard InChI is InChI=1S/C7H8BrN/c8-7-3-1-6(5-9)2-4-7/h3,6H,1-2,4H2. The highest BCUT2D eigenvalue weighted by Gasteiger charge is 2.10. The summed E-state index contributed by atoms with van der Waals surface area (Å²) in [5, 5.41) is 8.48. The van der Waals surface area contributed by atoms with Crippen LogP contribution in [0.3, 0.4) is 0 Å². The van der Waals surface area contributed by atoms with Crippen molar-refractivity contribution < 1.29 is 0 Å². The molecule has 1 unspecified atom stereocenters. The molecule has 1 aliphatic rings. The highest BCUT2D eigenvalue weighted by Crippen LogP contribution is 2.25. The van der Waals surface area contributed by atoms with E-state index in [9.17, 15) is 0 Å². The van der Waals surface area contributed by atoms with Gasteiger partial charge in [-0.3, -0.25) is 0 Å². The van der Waals surface area contributed by atoms with E-state index in [1.165, 1.54) is 4.48 Å². The third-order valence-electron chi connectivity index (χ3n) is 1.54. The summed E-state index contributed by atoms with van der Waals surface area (Å²) in [6.07, 6.45) is 5.08. The average molecular weight is 186 g/mol. The lowest BCUT2D eigenvalue weighted by molar-refractivity contribution is 0.593. The lowest BCUT2D eigenvalue weighted by Crippen LogP contribution is -1.99. The van der Waals surface area contributed by atoms with Crippen LogP contribution in [-0.2, 0) is 0 Å². The van der Waals surface area contributed by atoms with Crippen LogP contribution >= 0.6 is 15.9 Å². The smallest absolute Gasteiger partial charge is 0.0659 e. The summed E-state index contributed by atoms with van der Waals surface area (Å²) in [7, 11) is 0. The Morgan fingerprint density at radius 2 is 2.56 bits per heavy atom. The van der Waals surface area contributed by atoms with Gasteiger partial charge in [0.2, 0.25) is 0 Å². The minimum Gasteiger partial charge on any atom is -0.198 e. The Hall–Kier alpha value is -0.290. The van der Waals surface area contributed by atoms with E-state index in [2.05, 4.69) is 28.1 Å². The Morgan fingerprint density at radius 1 is 1.78 bits per heavy atom. The largest absolute Gasteiger partial charge is 0.198 e. The fraction of sp³-hybridized carbons (Fsp3) is 0.571. The first-order chi connectivity index (χ1) is 4.33. The zero-order valence-electron chi connectivity index (χ0n) is 5.10. The zero-order valence-corrected chi connectivity index (χ0v) is 6.69. The molecule has 1 nitrogen and oxygen atoms in total. The van der Waals surface area contributed by atoms with Crippen LogP contribution in [0.4, 0.5) is 0 Å². The monoisotopic (exact) mass is 185 g/mol. The van der Waals surface area contributed by atoms with Crippen molar-refractivity contribution in [3.8, 4) is 6.07 Å². The second-order valence-corrected chi connectivity index (χ2v) is 3.27. The predicted octanol–water partition coefficient (Wildman–Crippen LogP) is 2.59. The van der Waals surface area contributed by atoms with Crippen LogP contribution in [0.2, 0.25) is 0 Å². The fourth-order valence-electron chi connectivity index (χ4n) is 0.919. The quantitative estimate of drug-likeness (QED) is 0.570. The molecular formula is C7H8BrN. The first-order valence-corrected chi connectivity index (χ1v) is 3.86. The molecule has 9 heavy (non-hydrogen) atoms. The molecule has 0 saturated carbocycles. The Kier molecular flexibility index (Phi) is 2.29. The second kappa shape index (κ2) is 3.03. The highest BCUT2D eigenvalue weighted by molar-refractivity contribution is 9.11. The summed E-state index contributed by atoms with van der Waals surface area (Å²) < 4.78 is 1.26. The van der Waals surface area contributed by atoms with Gasteiger partial charge in [0.05, 0.1) is 12.0 Å². The van der Waals surface area contributed by atoms with Crippen LogP contribution < -0.4 is 0 Å². The van der Waals surface area contributed by atoms with Crippen LogP contribution in [0, 0.1) is 17.2 Å². The van der Waals surface area contributed by atoms with E-state index < -0.39 is 0 Å². The van der Waals surface area contributed by atoms with Gasteiger partial charge in [-0.15, -0.1) is 0 Å². The summed E-state index contributed by atoms with van der Waals surface area (Å²) in [4.78, 5) is 0. The van der Waals surface area contributed by atoms with E-state index in [4.69, 9.17) is 5.26 Å². The number of hydrogen-bond donors (Lipinski definition) is 0. The van der Waals surface area contributed by atoms with Gasteiger partial charge in [0.1, 0.15) is 0 Å². The second-order valence-electron chi connectivity index (χ2n) is 2.25.